The molecule has 0 unspecified atom stereocenters. The van der Waals surface area contributed by atoms with E-state index >= 15 is 0 Å². The van der Waals surface area contributed by atoms with Crippen LogP contribution < -0.4 is 4.74 Å². The molecule has 4 heteroatoms. The van der Waals surface area contributed by atoms with Crippen molar-refractivity contribution in [3.8, 4) is 11.5 Å². The Morgan fingerprint density at radius 3 is 2.52 bits per heavy atom. The number of phenols is 1. The second-order valence-corrected chi connectivity index (χ2v) is 9.56. The molecule has 0 saturated carbocycles. The minimum atomic E-state index is -0.855. The minimum absolute atomic E-state index is 0.187. The van der Waals surface area contributed by atoms with E-state index in [0.717, 1.165) is 66.5 Å². The number of aromatic hydroxyl groups is 1. The van der Waals surface area contributed by atoms with Crippen LogP contribution in [0.2, 0.25) is 0 Å². The van der Waals surface area contributed by atoms with Gasteiger partial charge < -0.3 is 20.1 Å². The molecule has 0 spiro atoms. The molecule has 0 aromatic heterocycles. The van der Waals surface area contributed by atoms with Gasteiger partial charge in [0, 0.05) is 0 Å². The Bertz CT molecular complexity index is 845. The van der Waals surface area contributed by atoms with Crippen LogP contribution in [0, 0.1) is 6.92 Å². The molecule has 4 nitrogen and oxygen atoms in total. The average molecular weight is 429 g/mol. The van der Waals surface area contributed by atoms with E-state index < -0.39 is 12.2 Å². The van der Waals surface area contributed by atoms with E-state index in [4.69, 9.17) is 4.74 Å². The van der Waals surface area contributed by atoms with Crippen LogP contribution in [0.3, 0.4) is 0 Å². The van der Waals surface area contributed by atoms with E-state index in [-0.39, 0.29) is 5.60 Å². The van der Waals surface area contributed by atoms with Crippen molar-refractivity contribution >= 4 is 0 Å². The van der Waals surface area contributed by atoms with E-state index in [0.29, 0.717) is 5.75 Å². The Labute approximate surface area is 188 Å². The third-order valence-electron chi connectivity index (χ3n) is 6.07. The van der Waals surface area contributed by atoms with Gasteiger partial charge in [-0.15, -0.1) is 0 Å². The quantitative estimate of drug-likeness (QED) is 0.427. The third-order valence-corrected chi connectivity index (χ3v) is 6.07. The maximum Gasteiger partial charge on any atom is 0.126 e. The molecule has 1 aromatic rings. The van der Waals surface area contributed by atoms with Gasteiger partial charge >= 0.3 is 0 Å². The molecule has 0 radical (unpaired) electrons. The number of rotatable bonds is 9. The minimum Gasteiger partial charge on any atom is -0.508 e. The fraction of sp³-hybridized carbons (Fsp3) is 0.556. The molecule has 0 amide bonds. The Hall–Kier alpha value is -2.04. The molecule has 2 rings (SSSR count). The standard InChI is InChI=1S/C27H40O4/c1-18(2)15-24(29)25(30)20(4)11-7-9-19(3)10-8-13-27(6)14-12-22-17-23(28)16-21(5)26(22)31-27/h10-11,15-17,24-25,28-30H,7-9,12-14H2,1-6H3/b19-10+,20-11+/t24-,25-,27+/m0/s1. The monoisotopic (exact) mass is 428 g/mol. The van der Waals surface area contributed by atoms with Gasteiger partial charge in [-0.05, 0) is 109 Å². The molecule has 0 aliphatic carbocycles. The van der Waals surface area contributed by atoms with Crippen molar-refractivity contribution in [1.82, 2.24) is 0 Å². The summed E-state index contributed by atoms with van der Waals surface area (Å²) in [6.07, 6.45) is 9.84. The van der Waals surface area contributed by atoms with E-state index in [1.54, 1.807) is 12.1 Å². The van der Waals surface area contributed by atoms with Crippen molar-refractivity contribution in [2.45, 2.75) is 97.9 Å². The molecule has 3 atom stereocenters. The summed E-state index contributed by atoms with van der Waals surface area (Å²) in [5.74, 6) is 1.24. The second-order valence-electron chi connectivity index (χ2n) is 9.56. The lowest BCUT2D eigenvalue weighted by molar-refractivity contribution is 0.0561. The lowest BCUT2D eigenvalue weighted by Gasteiger charge is -2.36. The summed E-state index contributed by atoms with van der Waals surface area (Å²) >= 11 is 0. The maximum atomic E-state index is 10.2. The number of fused-ring (bicyclic) bond motifs is 1. The van der Waals surface area contributed by atoms with Crippen LogP contribution >= 0.6 is 0 Å². The second kappa shape index (κ2) is 11.0. The van der Waals surface area contributed by atoms with Crippen LogP contribution in [-0.4, -0.2) is 33.1 Å². The topological polar surface area (TPSA) is 69.9 Å². The van der Waals surface area contributed by atoms with Gasteiger partial charge in [0.25, 0.3) is 0 Å². The summed E-state index contributed by atoms with van der Waals surface area (Å²) < 4.78 is 6.37. The highest BCUT2D eigenvalue weighted by Crippen LogP contribution is 2.39. The van der Waals surface area contributed by atoms with Crippen molar-refractivity contribution < 1.29 is 20.1 Å². The summed E-state index contributed by atoms with van der Waals surface area (Å²) in [5, 5.41) is 30.0. The Balaban J connectivity index is 1.84. The first-order valence-corrected chi connectivity index (χ1v) is 11.4. The van der Waals surface area contributed by atoms with Gasteiger partial charge in [-0.1, -0.05) is 29.4 Å². The number of hydrogen-bond acceptors (Lipinski definition) is 4. The third kappa shape index (κ3) is 7.55. The van der Waals surface area contributed by atoms with Crippen LogP contribution in [0.15, 0.2) is 47.1 Å². The van der Waals surface area contributed by atoms with Gasteiger partial charge in [0.1, 0.15) is 29.3 Å². The zero-order chi connectivity index (χ0) is 23.2. The Morgan fingerprint density at radius 1 is 1.13 bits per heavy atom. The van der Waals surface area contributed by atoms with Crippen LogP contribution in [0.5, 0.6) is 11.5 Å². The van der Waals surface area contributed by atoms with Gasteiger partial charge in [-0.25, -0.2) is 0 Å². The lowest BCUT2D eigenvalue weighted by Crippen LogP contribution is -2.36. The number of hydrogen-bond donors (Lipinski definition) is 3. The molecular weight excluding hydrogens is 388 g/mol. The highest BCUT2D eigenvalue weighted by molar-refractivity contribution is 5.47. The molecular formula is C27H40O4. The number of aliphatic hydroxyl groups is 2. The van der Waals surface area contributed by atoms with Gasteiger partial charge in [0.2, 0.25) is 0 Å². The zero-order valence-corrected chi connectivity index (χ0v) is 20.0. The summed E-state index contributed by atoms with van der Waals surface area (Å²) in [6.45, 7) is 12.0. The highest BCUT2D eigenvalue weighted by Gasteiger charge is 2.32. The van der Waals surface area contributed by atoms with Crippen LogP contribution in [0.25, 0.3) is 0 Å². The fourth-order valence-corrected chi connectivity index (χ4v) is 4.11. The SMILES string of the molecule is CC(C)=C[C@H](O)[C@@H](O)/C(C)=C/CC/C(C)=C/CC[C@]1(C)CCc2cc(O)cc(C)c2O1. The van der Waals surface area contributed by atoms with Gasteiger partial charge in [-0.3, -0.25) is 0 Å². The van der Waals surface area contributed by atoms with Crippen molar-refractivity contribution in [3.63, 3.8) is 0 Å². The number of allylic oxidation sites excluding steroid dienone is 4. The number of benzene rings is 1. The molecule has 1 aromatic carbocycles. The first-order chi connectivity index (χ1) is 14.5. The predicted octanol–water partition coefficient (Wildman–Crippen LogP) is 5.93. The highest BCUT2D eigenvalue weighted by atomic mass is 16.5. The smallest absolute Gasteiger partial charge is 0.126 e. The first-order valence-electron chi connectivity index (χ1n) is 11.4. The van der Waals surface area contributed by atoms with E-state index in [1.807, 2.05) is 39.8 Å². The van der Waals surface area contributed by atoms with Crippen molar-refractivity contribution in [3.05, 3.63) is 58.2 Å². The summed E-state index contributed by atoms with van der Waals surface area (Å²) in [7, 11) is 0. The van der Waals surface area contributed by atoms with Crippen LogP contribution in [0.1, 0.15) is 77.8 Å². The summed E-state index contributed by atoms with van der Waals surface area (Å²) in [5.41, 5.74) is 5.02. The number of ether oxygens (including phenoxy) is 1. The van der Waals surface area contributed by atoms with E-state index in [9.17, 15) is 15.3 Å². The maximum absolute atomic E-state index is 10.2. The molecule has 1 aliphatic heterocycles. The Kier molecular flexibility index (Phi) is 8.96. The number of aryl methyl sites for hydroxylation is 2. The molecule has 1 aliphatic rings. The average Bonchev–Trinajstić information content (AvgIpc) is 2.67. The number of aliphatic hydroxyl groups excluding tert-OH is 2. The summed E-state index contributed by atoms with van der Waals surface area (Å²) in [6, 6.07) is 3.58. The van der Waals surface area contributed by atoms with Crippen molar-refractivity contribution in [1.29, 1.82) is 0 Å². The largest absolute Gasteiger partial charge is 0.508 e. The predicted molar refractivity (Wildman–Crippen MR) is 128 cm³/mol. The molecule has 0 saturated heterocycles. The zero-order valence-electron chi connectivity index (χ0n) is 20.0. The fourth-order valence-electron chi connectivity index (χ4n) is 4.11. The lowest BCUT2D eigenvalue weighted by atomic mass is 9.87. The molecule has 1 heterocycles. The van der Waals surface area contributed by atoms with Crippen LogP contribution in [-0.2, 0) is 6.42 Å². The van der Waals surface area contributed by atoms with E-state index in [2.05, 4.69) is 19.9 Å². The Morgan fingerprint density at radius 2 is 1.84 bits per heavy atom. The van der Waals surface area contributed by atoms with Gasteiger partial charge in [-0.2, -0.15) is 0 Å². The van der Waals surface area contributed by atoms with Crippen LogP contribution in [0.4, 0.5) is 0 Å². The molecule has 31 heavy (non-hydrogen) atoms. The number of phenolic OH excluding ortho intramolecular Hbond substituents is 1. The molecule has 0 fully saturated rings. The molecule has 0 bridgehead atoms. The van der Waals surface area contributed by atoms with Gasteiger partial charge in [0.05, 0.1) is 0 Å². The first kappa shape index (κ1) is 25.2. The van der Waals surface area contributed by atoms with Crippen molar-refractivity contribution in [2.24, 2.45) is 0 Å². The normalized spacial score (nSPS) is 21.2. The van der Waals surface area contributed by atoms with Gasteiger partial charge in [0.15, 0.2) is 0 Å². The van der Waals surface area contributed by atoms with Crippen molar-refractivity contribution in [2.75, 3.05) is 0 Å². The molecule has 172 valence electrons. The summed E-state index contributed by atoms with van der Waals surface area (Å²) in [4.78, 5) is 0. The van der Waals surface area contributed by atoms with E-state index in [1.165, 1.54) is 5.57 Å². The molecule has 3 N–H and O–H groups in total.